The van der Waals surface area contributed by atoms with Crippen molar-refractivity contribution in [2.75, 3.05) is 32.4 Å². The van der Waals surface area contributed by atoms with Crippen molar-refractivity contribution in [3.8, 4) is 17.2 Å². The molecule has 1 aromatic carbocycles. The number of aromatic nitrogens is 2. The summed E-state index contributed by atoms with van der Waals surface area (Å²) in [5.41, 5.74) is 0.848. The number of hydrogen-bond acceptors (Lipinski definition) is 7. The molecular formula is C20H25N3O5S. The van der Waals surface area contributed by atoms with Crippen molar-refractivity contribution in [1.29, 1.82) is 0 Å². The number of benzene rings is 1. The maximum Gasteiger partial charge on any atom is 0.279 e. The van der Waals surface area contributed by atoms with Crippen molar-refractivity contribution in [3.63, 3.8) is 0 Å². The van der Waals surface area contributed by atoms with E-state index in [1.54, 1.807) is 23.7 Å². The highest BCUT2D eigenvalue weighted by molar-refractivity contribution is 7.99. The molecule has 0 unspecified atom stereocenters. The lowest BCUT2D eigenvalue weighted by Gasteiger charge is -2.28. The molecule has 0 aliphatic carbocycles. The van der Waals surface area contributed by atoms with Gasteiger partial charge in [-0.1, -0.05) is 18.7 Å². The van der Waals surface area contributed by atoms with Crippen LogP contribution in [0.2, 0.25) is 0 Å². The molecule has 0 bridgehead atoms. The van der Waals surface area contributed by atoms with E-state index < -0.39 is 5.92 Å². The highest BCUT2D eigenvalue weighted by atomic mass is 32.2. The largest absolute Gasteiger partial charge is 0.493 e. The van der Waals surface area contributed by atoms with Gasteiger partial charge in [-0.2, -0.15) is 4.98 Å². The number of methoxy groups -OCH3 is 3. The van der Waals surface area contributed by atoms with Gasteiger partial charge in [0.15, 0.2) is 16.7 Å². The summed E-state index contributed by atoms with van der Waals surface area (Å²) in [5, 5.41) is 3.43. The van der Waals surface area contributed by atoms with Crippen LogP contribution < -0.4 is 25.1 Å². The molecule has 2 aromatic rings. The molecule has 0 spiro atoms. The third-order valence-electron chi connectivity index (χ3n) is 4.83. The average molecular weight is 420 g/mol. The highest BCUT2D eigenvalue weighted by Gasteiger charge is 2.33. The molecule has 1 N–H and O–H groups in total. The van der Waals surface area contributed by atoms with E-state index in [0.717, 1.165) is 17.7 Å². The molecule has 1 aliphatic rings. The van der Waals surface area contributed by atoms with Gasteiger partial charge in [0.2, 0.25) is 11.7 Å². The highest BCUT2D eigenvalue weighted by Crippen LogP contribution is 2.43. The van der Waals surface area contributed by atoms with Crippen LogP contribution in [0.3, 0.4) is 0 Å². The van der Waals surface area contributed by atoms with Crippen molar-refractivity contribution < 1.29 is 19.0 Å². The van der Waals surface area contributed by atoms with Gasteiger partial charge in [0.25, 0.3) is 5.56 Å². The lowest BCUT2D eigenvalue weighted by Crippen LogP contribution is -2.33. The summed E-state index contributed by atoms with van der Waals surface area (Å²) in [7, 11) is 6.39. The fourth-order valence-electron chi connectivity index (χ4n) is 3.45. The summed E-state index contributed by atoms with van der Waals surface area (Å²) in [6.45, 7) is 2.06. The number of thioether (sulfide) groups is 1. The Balaban J connectivity index is 2.18. The van der Waals surface area contributed by atoms with E-state index in [1.807, 2.05) is 0 Å². The van der Waals surface area contributed by atoms with Crippen LogP contribution in [0.1, 0.15) is 36.8 Å². The SMILES string of the molecule is CCCSc1nc(=O)c2c(n1C)NC(=O)C[C@@H]2c1cc(OC)c(OC)c(OC)c1. The van der Waals surface area contributed by atoms with Crippen LogP contribution in [0.4, 0.5) is 5.82 Å². The summed E-state index contributed by atoms with van der Waals surface area (Å²) in [4.78, 5) is 29.7. The van der Waals surface area contributed by atoms with E-state index in [9.17, 15) is 9.59 Å². The van der Waals surface area contributed by atoms with E-state index in [4.69, 9.17) is 14.2 Å². The number of anilines is 1. The number of nitrogens with one attached hydrogen (secondary N) is 1. The molecule has 0 saturated carbocycles. The number of amides is 1. The zero-order valence-electron chi connectivity index (χ0n) is 17.2. The van der Waals surface area contributed by atoms with Crippen molar-refractivity contribution in [2.45, 2.75) is 30.8 Å². The van der Waals surface area contributed by atoms with Crippen molar-refractivity contribution in [2.24, 2.45) is 7.05 Å². The van der Waals surface area contributed by atoms with Gasteiger partial charge in [-0.15, -0.1) is 0 Å². The first-order valence-corrected chi connectivity index (χ1v) is 10.3. The lowest BCUT2D eigenvalue weighted by molar-refractivity contribution is -0.116. The van der Waals surface area contributed by atoms with Crippen LogP contribution in [0.25, 0.3) is 0 Å². The fourth-order valence-corrected chi connectivity index (χ4v) is 4.26. The molecule has 9 heteroatoms. The molecule has 1 aromatic heterocycles. The minimum absolute atomic E-state index is 0.129. The molecule has 156 valence electrons. The fraction of sp³-hybridized carbons (Fsp3) is 0.450. The quantitative estimate of drug-likeness (QED) is 0.545. The Morgan fingerprint density at radius 2 is 1.83 bits per heavy atom. The van der Waals surface area contributed by atoms with Crippen molar-refractivity contribution >= 4 is 23.5 Å². The lowest BCUT2D eigenvalue weighted by atomic mass is 9.86. The summed E-state index contributed by atoms with van der Waals surface area (Å²) < 4.78 is 18.0. The number of carbonyl (C=O) groups is 1. The van der Waals surface area contributed by atoms with Gasteiger partial charge in [-0.05, 0) is 24.1 Å². The normalized spacial score (nSPS) is 15.5. The van der Waals surface area contributed by atoms with Crippen molar-refractivity contribution in [1.82, 2.24) is 9.55 Å². The molecule has 8 nitrogen and oxygen atoms in total. The zero-order valence-corrected chi connectivity index (χ0v) is 18.0. The Labute approximate surface area is 173 Å². The van der Waals surface area contributed by atoms with Crippen LogP contribution in [0.15, 0.2) is 22.1 Å². The maximum atomic E-state index is 12.9. The Morgan fingerprint density at radius 3 is 2.38 bits per heavy atom. The first kappa shape index (κ1) is 21.0. The van der Waals surface area contributed by atoms with Gasteiger partial charge in [-0.25, -0.2) is 0 Å². The topological polar surface area (TPSA) is 91.7 Å². The van der Waals surface area contributed by atoms with Gasteiger partial charge >= 0.3 is 0 Å². The number of carbonyl (C=O) groups excluding carboxylic acids is 1. The smallest absolute Gasteiger partial charge is 0.279 e. The predicted octanol–water partition coefficient (Wildman–Crippen LogP) is 2.78. The second-order valence-electron chi connectivity index (χ2n) is 6.63. The van der Waals surface area contributed by atoms with Crippen LogP contribution >= 0.6 is 11.8 Å². The van der Waals surface area contributed by atoms with E-state index in [1.165, 1.54) is 33.1 Å². The minimum atomic E-state index is -0.469. The zero-order chi connectivity index (χ0) is 21.1. The van der Waals surface area contributed by atoms with E-state index in [2.05, 4.69) is 17.2 Å². The molecule has 2 heterocycles. The number of nitrogens with zero attached hydrogens (tertiary/aromatic N) is 2. The maximum absolute atomic E-state index is 12.9. The third-order valence-corrected chi connectivity index (χ3v) is 6.06. The van der Waals surface area contributed by atoms with E-state index >= 15 is 0 Å². The van der Waals surface area contributed by atoms with Gasteiger partial charge in [0.1, 0.15) is 5.82 Å². The number of hydrogen-bond donors (Lipinski definition) is 1. The molecular weight excluding hydrogens is 394 g/mol. The standard InChI is InChI=1S/C20H25N3O5S/c1-6-7-29-20-22-19(25)16-12(10-15(24)21-18(16)23(20)2)11-8-13(26-3)17(28-5)14(9-11)27-4/h8-9,12H,6-7,10H2,1-5H3,(H,21,24)/t12-/m1/s1. The second kappa shape index (κ2) is 8.77. The first-order chi connectivity index (χ1) is 13.9. The molecule has 0 radical (unpaired) electrons. The summed E-state index contributed by atoms with van der Waals surface area (Å²) in [5.74, 6) is 2.08. The first-order valence-electron chi connectivity index (χ1n) is 9.28. The van der Waals surface area contributed by atoms with Crippen LogP contribution in [-0.4, -0.2) is 42.5 Å². The Bertz CT molecular complexity index is 964. The van der Waals surface area contributed by atoms with Crippen LogP contribution in [0, 0.1) is 0 Å². The summed E-state index contributed by atoms with van der Waals surface area (Å²) >= 11 is 1.49. The predicted molar refractivity (Wildman–Crippen MR) is 112 cm³/mol. The molecule has 0 fully saturated rings. The number of ether oxygens (including phenoxy) is 3. The summed E-state index contributed by atoms with van der Waals surface area (Å²) in [6.07, 6.45) is 1.09. The third kappa shape index (κ3) is 3.91. The van der Waals surface area contributed by atoms with Gasteiger partial charge in [0, 0.05) is 25.1 Å². The molecule has 0 saturated heterocycles. The summed E-state index contributed by atoms with van der Waals surface area (Å²) in [6, 6.07) is 3.54. The average Bonchev–Trinajstić information content (AvgIpc) is 2.73. The molecule has 29 heavy (non-hydrogen) atoms. The van der Waals surface area contributed by atoms with Gasteiger partial charge in [-0.3, -0.25) is 9.59 Å². The van der Waals surface area contributed by atoms with Gasteiger partial charge in [0.05, 0.1) is 26.9 Å². The molecule has 1 atom stereocenters. The minimum Gasteiger partial charge on any atom is -0.493 e. The van der Waals surface area contributed by atoms with Crippen molar-refractivity contribution in [3.05, 3.63) is 33.6 Å². The Hall–Kier alpha value is -2.68. The molecule has 1 amide bonds. The monoisotopic (exact) mass is 419 g/mol. The van der Waals surface area contributed by atoms with E-state index in [-0.39, 0.29) is 17.9 Å². The second-order valence-corrected chi connectivity index (χ2v) is 7.69. The van der Waals surface area contributed by atoms with Crippen LogP contribution in [-0.2, 0) is 11.8 Å². The molecule has 3 rings (SSSR count). The van der Waals surface area contributed by atoms with Gasteiger partial charge < -0.3 is 24.1 Å². The number of fused-ring (bicyclic) bond motifs is 1. The Morgan fingerprint density at radius 1 is 1.17 bits per heavy atom. The van der Waals surface area contributed by atoms with Crippen LogP contribution in [0.5, 0.6) is 17.2 Å². The number of rotatable bonds is 7. The Kier molecular flexibility index (Phi) is 6.36. The molecule has 1 aliphatic heterocycles. The van der Waals surface area contributed by atoms with E-state index in [0.29, 0.717) is 33.8 Å².